The van der Waals surface area contributed by atoms with Gasteiger partial charge in [-0.3, -0.25) is 4.55 Å². The van der Waals surface area contributed by atoms with E-state index in [1.54, 1.807) is 0 Å². The van der Waals surface area contributed by atoms with E-state index in [0.717, 1.165) is 5.56 Å². The van der Waals surface area contributed by atoms with E-state index in [2.05, 4.69) is 0 Å². The van der Waals surface area contributed by atoms with Crippen molar-refractivity contribution in [2.24, 2.45) is 0 Å². The van der Waals surface area contributed by atoms with E-state index in [9.17, 15) is 18.1 Å². The first-order valence-corrected chi connectivity index (χ1v) is 7.27. The summed E-state index contributed by atoms with van der Waals surface area (Å²) in [6, 6.07) is 11.7. The zero-order chi connectivity index (χ0) is 14.8. The first kappa shape index (κ1) is 14.4. The van der Waals surface area contributed by atoms with Crippen LogP contribution in [0.3, 0.4) is 0 Å². The Labute approximate surface area is 117 Å². The largest absolute Gasteiger partial charge is 0.508 e. The van der Waals surface area contributed by atoms with Gasteiger partial charge in [0.25, 0.3) is 10.1 Å². The molecule has 0 heterocycles. The summed E-state index contributed by atoms with van der Waals surface area (Å²) in [7, 11) is -3.15. The van der Waals surface area contributed by atoms with Gasteiger partial charge >= 0.3 is 0 Å². The maximum absolute atomic E-state index is 11.3. The normalized spacial score (nSPS) is 11.3. The number of ether oxygens (including phenoxy) is 1. The molecule has 0 aliphatic rings. The summed E-state index contributed by atoms with van der Waals surface area (Å²) in [5.74, 6) is -0.181. The minimum absolute atomic E-state index is 0.0851. The Morgan fingerprint density at radius 3 is 2.35 bits per heavy atom. The van der Waals surface area contributed by atoms with E-state index < -0.39 is 10.1 Å². The van der Waals surface area contributed by atoms with Gasteiger partial charge in [0.05, 0.1) is 7.11 Å². The minimum atomic E-state index is -4.41. The Morgan fingerprint density at radius 1 is 1.15 bits per heavy atom. The summed E-state index contributed by atoms with van der Waals surface area (Å²) in [6.45, 7) is 0. The van der Waals surface area contributed by atoms with Crippen molar-refractivity contribution < 1.29 is 22.8 Å². The fourth-order valence-electron chi connectivity index (χ4n) is 1.91. The number of aromatic hydroxyl groups is 1. The van der Waals surface area contributed by atoms with Crippen LogP contribution in [0.25, 0.3) is 0 Å². The van der Waals surface area contributed by atoms with E-state index in [0.29, 0.717) is 12.0 Å². The van der Waals surface area contributed by atoms with Gasteiger partial charge in [0, 0.05) is 12.5 Å². The first-order valence-electron chi connectivity index (χ1n) is 5.83. The molecule has 20 heavy (non-hydrogen) atoms. The monoisotopic (exact) mass is 294 g/mol. The molecule has 0 unspecified atom stereocenters. The van der Waals surface area contributed by atoms with Crippen LogP contribution in [0.15, 0.2) is 47.4 Å². The Kier molecular flexibility index (Phi) is 3.96. The van der Waals surface area contributed by atoms with Gasteiger partial charge in [-0.1, -0.05) is 30.3 Å². The molecule has 106 valence electrons. The Balaban J connectivity index is 2.49. The van der Waals surface area contributed by atoms with Crippen LogP contribution in [-0.2, 0) is 16.5 Å². The third kappa shape index (κ3) is 3.09. The third-order valence-electron chi connectivity index (χ3n) is 2.88. The van der Waals surface area contributed by atoms with Crippen molar-refractivity contribution in [3.8, 4) is 11.5 Å². The molecular weight excluding hydrogens is 280 g/mol. The van der Waals surface area contributed by atoms with Crippen molar-refractivity contribution in [1.29, 1.82) is 0 Å². The number of benzene rings is 2. The summed E-state index contributed by atoms with van der Waals surface area (Å²) >= 11 is 0. The summed E-state index contributed by atoms with van der Waals surface area (Å²) < 4.78 is 36.7. The SMILES string of the molecule is COc1cc(O)c(Cc2ccccc2)cc1S(=O)(=O)O. The molecular formula is C14H14O5S. The molecule has 2 aromatic carbocycles. The van der Waals surface area contributed by atoms with Gasteiger partial charge in [0.2, 0.25) is 0 Å². The highest BCUT2D eigenvalue weighted by atomic mass is 32.2. The molecule has 0 saturated heterocycles. The van der Waals surface area contributed by atoms with Gasteiger partial charge in [0.1, 0.15) is 16.4 Å². The van der Waals surface area contributed by atoms with Gasteiger partial charge in [-0.25, -0.2) is 0 Å². The molecule has 2 aromatic rings. The number of methoxy groups -OCH3 is 1. The number of rotatable bonds is 4. The third-order valence-corrected chi connectivity index (χ3v) is 3.76. The molecule has 0 spiro atoms. The van der Waals surface area contributed by atoms with Crippen LogP contribution in [0.5, 0.6) is 11.5 Å². The van der Waals surface area contributed by atoms with Gasteiger partial charge in [-0.05, 0) is 17.2 Å². The van der Waals surface area contributed by atoms with Gasteiger partial charge in [-0.2, -0.15) is 8.42 Å². The second-order valence-electron chi connectivity index (χ2n) is 4.27. The van der Waals surface area contributed by atoms with Crippen LogP contribution in [0, 0.1) is 0 Å². The van der Waals surface area contributed by atoms with Crippen molar-refractivity contribution in [2.45, 2.75) is 11.3 Å². The van der Waals surface area contributed by atoms with E-state index in [-0.39, 0.29) is 16.4 Å². The number of phenolic OH excluding ortho intramolecular Hbond substituents is 1. The number of phenols is 1. The molecule has 0 bridgehead atoms. The van der Waals surface area contributed by atoms with Crippen LogP contribution >= 0.6 is 0 Å². The van der Waals surface area contributed by atoms with Crippen molar-refractivity contribution in [3.63, 3.8) is 0 Å². The predicted molar refractivity (Wildman–Crippen MR) is 73.7 cm³/mol. The average molecular weight is 294 g/mol. The molecule has 0 atom stereocenters. The Hall–Kier alpha value is -2.05. The highest BCUT2D eigenvalue weighted by Crippen LogP contribution is 2.32. The number of hydrogen-bond acceptors (Lipinski definition) is 4. The lowest BCUT2D eigenvalue weighted by atomic mass is 10.0. The lowest BCUT2D eigenvalue weighted by molar-refractivity contribution is 0.390. The van der Waals surface area contributed by atoms with Gasteiger partial charge in [-0.15, -0.1) is 0 Å². The highest BCUT2D eigenvalue weighted by Gasteiger charge is 2.19. The summed E-state index contributed by atoms with van der Waals surface area (Å²) in [6.07, 6.45) is 0.346. The van der Waals surface area contributed by atoms with E-state index in [1.165, 1.54) is 19.2 Å². The molecule has 0 aliphatic carbocycles. The van der Waals surface area contributed by atoms with Crippen LogP contribution in [-0.4, -0.2) is 25.2 Å². The Bertz CT molecular complexity index is 708. The van der Waals surface area contributed by atoms with E-state index in [4.69, 9.17) is 4.74 Å². The average Bonchev–Trinajstić information content (AvgIpc) is 2.40. The van der Waals surface area contributed by atoms with Crippen molar-refractivity contribution in [2.75, 3.05) is 7.11 Å². The molecule has 0 aliphatic heterocycles. The standard InChI is InChI=1S/C14H14O5S/c1-19-13-9-12(15)11(8-14(13)20(16,17)18)7-10-5-3-2-4-6-10/h2-6,8-9,15H,7H2,1H3,(H,16,17,18). The maximum Gasteiger partial charge on any atom is 0.298 e. The van der Waals surface area contributed by atoms with E-state index >= 15 is 0 Å². The lowest BCUT2D eigenvalue weighted by Gasteiger charge is -2.11. The van der Waals surface area contributed by atoms with Crippen molar-refractivity contribution >= 4 is 10.1 Å². The molecule has 5 nitrogen and oxygen atoms in total. The highest BCUT2D eigenvalue weighted by molar-refractivity contribution is 7.86. The lowest BCUT2D eigenvalue weighted by Crippen LogP contribution is -2.03. The quantitative estimate of drug-likeness (QED) is 0.845. The molecule has 0 aromatic heterocycles. The molecule has 6 heteroatoms. The van der Waals surface area contributed by atoms with E-state index in [1.807, 2.05) is 30.3 Å². The molecule has 0 amide bonds. The molecule has 2 rings (SSSR count). The zero-order valence-electron chi connectivity index (χ0n) is 10.8. The number of hydrogen-bond donors (Lipinski definition) is 2. The predicted octanol–water partition coefficient (Wildman–Crippen LogP) is 2.24. The topological polar surface area (TPSA) is 83.8 Å². The molecule has 0 saturated carbocycles. The van der Waals surface area contributed by atoms with Crippen molar-refractivity contribution in [3.05, 3.63) is 53.6 Å². The van der Waals surface area contributed by atoms with Crippen LogP contribution in [0.4, 0.5) is 0 Å². The molecule has 2 N–H and O–H groups in total. The van der Waals surface area contributed by atoms with Crippen LogP contribution in [0.1, 0.15) is 11.1 Å². The first-order chi connectivity index (χ1) is 9.41. The summed E-state index contributed by atoms with van der Waals surface area (Å²) in [5, 5.41) is 9.92. The Morgan fingerprint density at radius 2 is 1.80 bits per heavy atom. The second kappa shape index (κ2) is 5.52. The van der Waals surface area contributed by atoms with Crippen molar-refractivity contribution in [1.82, 2.24) is 0 Å². The summed E-state index contributed by atoms with van der Waals surface area (Å²) in [4.78, 5) is -0.358. The summed E-state index contributed by atoms with van der Waals surface area (Å²) in [5.41, 5.74) is 1.30. The fourth-order valence-corrected chi connectivity index (χ4v) is 2.60. The van der Waals surface area contributed by atoms with Gasteiger partial charge in [0.15, 0.2) is 0 Å². The smallest absolute Gasteiger partial charge is 0.298 e. The van der Waals surface area contributed by atoms with Crippen LogP contribution in [0.2, 0.25) is 0 Å². The molecule has 0 radical (unpaired) electrons. The maximum atomic E-state index is 11.3. The van der Waals surface area contributed by atoms with Crippen LogP contribution < -0.4 is 4.74 Å². The zero-order valence-corrected chi connectivity index (χ0v) is 11.6. The fraction of sp³-hybridized carbons (Fsp3) is 0.143. The molecule has 0 fully saturated rings. The van der Waals surface area contributed by atoms with Gasteiger partial charge < -0.3 is 9.84 Å². The second-order valence-corrected chi connectivity index (χ2v) is 5.66. The minimum Gasteiger partial charge on any atom is -0.508 e.